The van der Waals surface area contributed by atoms with Crippen molar-refractivity contribution in [1.29, 1.82) is 0 Å². The van der Waals surface area contributed by atoms with Crippen molar-refractivity contribution in [3.8, 4) is 0 Å². The Kier molecular flexibility index (Phi) is 4.53. The Morgan fingerprint density at radius 1 is 1.14 bits per heavy atom. The molecule has 0 heterocycles. The fraction of sp³-hybridized carbons (Fsp3) is 0.833. The van der Waals surface area contributed by atoms with E-state index in [2.05, 4.69) is 0 Å². The first kappa shape index (κ1) is 13.4. The van der Waals surface area contributed by atoms with E-state index in [-0.39, 0.29) is 12.2 Å². The highest BCUT2D eigenvalue weighted by Crippen LogP contribution is 1.97. The molecule has 0 bridgehead atoms. The third-order valence-corrected chi connectivity index (χ3v) is 3.94. The van der Waals surface area contributed by atoms with Gasteiger partial charge in [0.25, 0.3) is 0 Å². The number of rotatable bonds is 6. The Morgan fingerprint density at radius 2 is 1.64 bits per heavy atom. The topological polar surface area (TPSA) is 106 Å². The lowest BCUT2D eigenvalue weighted by atomic mass is 10.6. The van der Waals surface area contributed by atoms with Gasteiger partial charge >= 0.3 is 5.97 Å². The van der Waals surface area contributed by atoms with Gasteiger partial charge in [-0.3, -0.25) is 4.79 Å². The largest absolute Gasteiger partial charge is 0.480 e. The first-order chi connectivity index (χ1) is 6.12. The summed E-state index contributed by atoms with van der Waals surface area (Å²) in [6, 6.07) is 0. The molecular weight excluding hydrogens is 232 g/mol. The first-order valence-corrected chi connectivity index (χ1v) is 7.60. The van der Waals surface area contributed by atoms with E-state index in [1.165, 1.54) is 0 Å². The molecule has 0 aromatic heterocycles. The van der Waals surface area contributed by atoms with Crippen LogP contribution in [0.1, 0.15) is 6.42 Å². The Hall–Kier alpha value is -0.630. The molecule has 0 aliphatic carbocycles. The molecule has 0 unspecified atom stereocenters. The summed E-state index contributed by atoms with van der Waals surface area (Å²) in [5.41, 5.74) is 0. The van der Waals surface area contributed by atoms with E-state index in [4.69, 9.17) is 5.11 Å². The molecule has 0 fully saturated rings. The van der Waals surface area contributed by atoms with E-state index >= 15 is 0 Å². The number of sulfone groups is 2. The van der Waals surface area contributed by atoms with E-state index in [1.807, 2.05) is 0 Å². The molecule has 8 heteroatoms. The zero-order chi connectivity index (χ0) is 11.4. The Bertz CT molecular complexity index is 390. The normalized spacial score (nSPS) is 12.6. The van der Waals surface area contributed by atoms with Gasteiger partial charge in [0, 0.05) is 6.26 Å². The second kappa shape index (κ2) is 4.74. The molecule has 0 saturated carbocycles. The quantitative estimate of drug-likeness (QED) is 0.637. The lowest BCUT2D eigenvalue weighted by Crippen LogP contribution is -2.19. The molecule has 0 atom stereocenters. The number of hydrogen-bond acceptors (Lipinski definition) is 5. The Labute approximate surface area is 82.8 Å². The molecule has 0 radical (unpaired) electrons. The molecule has 0 spiro atoms. The van der Waals surface area contributed by atoms with Crippen molar-refractivity contribution in [3.05, 3.63) is 0 Å². The minimum atomic E-state index is -3.67. The first-order valence-electron chi connectivity index (χ1n) is 3.72. The van der Waals surface area contributed by atoms with Crippen LogP contribution in [-0.2, 0) is 24.5 Å². The van der Waals surface area contributed by atoms with Crippen molar-refractivity contribution in [3.63, 3.8) is 0 Å². The maximum Gasteiger partial charge on any atom is 0.318 e. The van der Waals surface area contributed by atoms with Crippen LogP contribution in [0.3, 0.4) is 0 Å². The SMILES string of the molecule is CS(=O)(=O)CCCS(=O)(=O)CC(=O)O. The van der Waals surface area contributed by atoms with Crippen molar-refractivity contribution in [2.45, 2.75) is 6.42 Å². The summed E-state index contributed by atoms with van der Waals surface area (Å²) < 4.78 is 43.2. The van der Waals surface area contributed by atoms with E-state index in [9.17, 15) is 21.6 Å². The molecule has 0 aromatic carbocycles. The molecule has 0 aliphatic heterocycles. The summed E-state index contributed by atoms with van der Waals surface area (Å²) in [4.78, 5) is 10.1. The molecule has 1 N–H and O–H groups in total. The van der Waals surface area contributed by atoms with Crippen LogP contribution in [0.15, 0.2) is 0 Å². The molecule has 0 rings (SSSR count). The highest BCUT2D eigenvalue weighted by atomic mass is 32.2. The van der Waals surface area contributed by atoms with Crippen LogP contribution in [-0.4, -0.2) is 51.4 Å². The molecule has 0 saturated heterocycles. The second-order valence-electron chi connectivity index (χ2n) is 2.97. The predicted molar refractivity (Wildman–Crippen MR) is 50.6 cm³/mol. The standard InChI is InChI=1S/C6H12O6S2/c1-13(9,10)3-2-4-14(11,12)5-6(7)8/h2-5H2,1H3,(H,7,8). The van der Waals surface area contributed by atoms with Crippen LogP contribution in [0.25, 0.3) is 0 Å². The lowest BCUT2D eigenvalue weighted by Gasteiger charge is -2.00. The molecule has 14 heavy (non-hydrogen) atoms. The van der Waals surface area contributed by atoms with Crippen LogP contribution in [0.4, 0.5) is 0 Å². The molecule has 6 nitrogen and oxygen atoms in total. The van der Waals surface area contributed by atoms with Crippen LogP contribution in [0.2, 0.25) is 0 Å². The number of carboxylic acid groups (broad SMARTS) is 1. The van der Waals surface area contributed by atoms with Crippen LogP contribution in [0, 0.1) is 0 Å². The van der Waals surface area contributed by atoms with Crippen molar-refractivity contribution < 1.29 is 26.7 Å². The van der Waals surface area contributed by atoms with Gasteiger partial charge < -0.3 is 5.11 Å². The summed E-state index contributed by atoms with van der Waals surface area (Å²) in [6.07, 6.45) is 0.936. The average Bonchev–Trinajstić information content (AvgIpc) is 1.78. The number of aliphatic carboxylic acids is 1. The second-order valence-corrected chi connectivity index (χ2v) is 7.41. The maximum absolute atomic E-state index is 11.0. The Balaban J connectivity index is 4.08. The van der Waals surface area contributed by atoms with Gasteiger partial charge in [-0.05, 0) is 6.42 Å². The number of hydrogen-bond donors (Lipinski definition) is 1. The van der Waals surface area contributed by atoms with Crippen molar-refractivity contribution in [2.75, 3.05) is 23.5 Å². The summed E-state index contributed by atoms with van der Waals surface area (Å²) in [6.45, 7) is 0. The van der Waals surface area contributed by atoms with E-state index in [0.29, 0.717) is 0 Å². The summed E-state index contributed by atoms with van der Waals surface area (Å²) in [5, 5.41) is 8.21. The average molecular weight is 244 g/mol. The van der Waals surface area contributed by atoms with E-state index in [0.717, 1.165) is 6.26 Å². The summed E-state index contributed by atoms with van der Waals surface area (Å²) in [5.74, 6) is -3.03. The molecule has 84 valence electrons. The molecular formula is C6H12O6S2. The van der Waals surface area contributed by atoms with Gasteiger partial charge in [-0.15, -0.1) is 0 Å². The number of carbonyl (C=O) groups is 1. The van der Waals surface area contributed by atoms with Gasteiger partial charge in [0.2, 0.25) is 0 Å². The van der Waals surface area contributed by atoms with Crippen molar-refractivity contribution in [1.82, 2.24) is 0 Å². The summed E-state index contributed by atoms with van der Waals surface area (Å²) >= 11 is 0. The monoisotopic (exact) mass is 244 g/mol. The maximum atomic E-state index is 11.0. The van der Waals surface area contributed by atoms with Crippen LogP contribution >= 0.6 is 0 Å². The Morgan fingerprint density at radius 3 is 2.00 bits per heavy atom. The third-order valence-electron chi connectivity index (χ3n) is 1.31. The summed E-state index contributed by atoms with van der Waals surface area (Å²) in [7, 11) is -6.85. The van der Waals surface area contributed by atoms with Gasteiger partial charge in [-0.1, -0.05) is 0 Å². The highest BCUT2D eigenvalue weighted by Gasteiger charge is 2.16. The molecule has 0 aromatic rings. The van der Waals surface area contributed by atoms with Gasteiger partial charge in [0.15, 0.2) is 9.84 Å². The minimum absolute atomic E-state index is 0.0611. The lowest BCUT2D eigenvalue weighted by molar-refractivity contribution is -0.134. The fourth-order valence-electron chi connectivity index (χ4n) is 0.801. The zero-order valence-electron chi connectivity index (χ0n) is 7.63. The van der Waals surface area contributed by atoms with Crippen molar-refractivity contribution in [2.24, 2.45) is 0 Å². The van der Waals surface area contributed by atoms with Gasteiger partial charge in [0.1, 0.15) is 15.6 Å². The van der Waals surface area contributed by atoms with Crippen LogP contribution in [0.5, 0.6) is 0 Å². The predicted octanol–water partition coefficient (Wildman–Crippen LogP) is -1.08. The van der Waals surface area contributed by atoms with Gasteiger partial charge in [-0.25, -0.2) is 16.8 Å². The smallest absolute Gasteiger partial charge is 0.318 e. The van der Waals surface area contributed by atoms with Gasteiger partial charge in [0.05, 0.1) is 11.5 Å². The minimum Gasteiger partial charge on any atom is -0.480 e. The van der Waals surface area contributed by atoms with Gasteiger partial charge in [-0.2, -0.15) is 0 Å². The third kappa shape index (κ3) is 7.99. The fourth-order valence-corrected chi connectivity index (χ4v) is 2.76. The van der Waals surface area contributed by atoms with E-state index in [1.54, 1.807) is 0 Å². The van der Waals surface area contributed by atoms with Crippen molar-refractivity contribution >= 4 is 25.6 Å². The van der Waals surface area contributed by atoms with E-state index < -0.39 is 37.1 Å². The van der Waals surface area contributed by atoms with Crippen LogP contribution < -0.4 is 0 Å². The number of carboxylic acids is 1. The zero-order valence-corrected chi connectivity index (χ0v) is 9.27. The molecule has 0 aliphatic rings. The molecule has 0 amide bonds. The highest BCUT2D eigenvalue weighted by molar-refractivity contribution is 7.92.